The lowest BCUT2D eigenvalue weighted by molar-refractivity contribution is 0.567. The normalized spacial score (nSPS) is 12.0. The highest BCUT2D eigenvalue weighted by molar-refractivity contribution is 8.13. The zero-order valence-corrected chi connectivity index (χ0v) is 13.8. The predicted octanol–water partition coefficient (Wildman–Crippen LogP) is 2.06. The van der Waals surface area contributed by atoms with E-state index in [2.05, 4.69) is 15.3 Å². The maximum absolute atomic E-state index is 11.6. The molecule has 0 saturated carbocycles. The summed E-state index contributed by atoms with van der Waals surface area (Å²) in [7, 11) is 1.50. The van der Waals surface area contributed by atoms with E-state index in [1.165, 1.54) is 4.57 Å². The number of aromatic nitrogens is 5. The van der Waals surface area contributed by atoms with Gasteiger partial charge in [0.25, 0.3) is 14.2 Å². The predicted molar refractivity (Wildman–Crippen MR) is 79.6 cm³/mol. The van der Waals surface area contributed by atoms with Crippen LogP contribution in [0.5, 0.6) is 0 Å². The summed E-state index contributed by atoms with van der Waals surface area (Å²) in [6.45, 7) is 7.06. The van der Waals surface area contributed by atoms with Gasteiger partial charge in [-0.05, 0) is 25.8 Å². The number of hydrogen-bond donors (Lipinski definition) is 0. The molecule has 0 amide bonds. The number of rotatable bonds is 6. The van der Waals surface area contributed by atoms with Crippen molar-refractivity contribution in [3.8, 4) is 11.5 Å². The molecule has 2 rings (SSSR count). The lowest BCUT2D eigenvalue weighted by atomic mass is 10.3. The molecule has 0 bridgehead atoms. The Morgan fingerprint density at radius 2 is 1.95 bits per heavy atom. The third-order valence-corrected chi connectivity index (χ3v) is 4.26. The monoisotopic (exact) mass is 331 g/mol. The fraction of sp³-hybridized carbons (Fsp3) is 0.583. The van der Waals surface area contributed by atoms with Gasteiger partial charge >= 0.3 is 0 Å². The molecule has 0 aliphatic rings. The molecule has 0 aliphatic heterocycles. The van der Waals surface area contributed by atoms with E-state index in [-0.39, 0.29) is 5.16 Å². The molecule has 2 heterocycles. The zero-order valence-electron chi connectivity index (χ0n) is 12.2. The second kappa shape index (κ2) is 6.15. The first-order valence-corrected chi connectivity index (χ1v) is 9.18. The minimum atomic E-state index is -3.93. The van der Waals surface area contributed by atoms with Crippen LogP contribution in [-0.4, -0.2) is 33.0 Å². The van der Waals surface area contributed by atoms with E-state index in [9.17, 15) is 8.42 Å². The van der Waals surface area contributed by atoms with Gasteiger partial charge in [0.1, 0.15) is 5.69 Å². The van der Waals surface area contributed by atoms with E-state index in [1.807, 2.05) is 26.8 Å². The first-order chi connectivity index (χ1) is 9.92. The summed E-state index contributed by atoms with van der Waals surface area (Å²) in [4.78, 5) is 0. The maximum Gasteiger partial charge on any atom is 0.296 e. The summed E-state index contributed by atoms with van der Waals surface area (Å²) in [6.07, 6.45) is 1.54. The van der Waals surface area contributed by atoms with Crippen LogP contribution < -0.4 is 0 Å². The molecule has 0 N–H and O–H groups in total. The van der Waals surface area contributed by atoms with Crippen molar-refractivity contribution in [3.05, 3.63) is 11.8 Å². The van der Waals surface area contributed by atoms with E-state index in [1.54, 1.807) is 4.68 Å². The van der Waals surface area contributed by atoms with Crippen LogP contribution in [0.1, 0.15) is 32.9 Å². The minimum Gasteiger partial charge on any atom is -0.296 e. The van der Waals surface area contributed by atoms with Gasteiger partial charge in [0.05, 0.1) is 5.69 Å². The van der Waals surface area contributed by atoms with Crippen molar-refractivity contribution in [1.82, 2.24) is 24.5 Å². The second-order valence-corrected chi connectivity index (χ2v) is 7.05. The molecule has 0 radical (unpaired) electrons. The highest BCUT2D eigenvalue weighted by Gasteiger charge is 2.24. The smallest absolute Gasteiger partial charge is 0.296 e. The Labute approximate surface area is 128 Å². The molecular formula is C12H18ClN5O2S. The molecule has 0 aromatic carbocycles. The van der Waals surface area contributed by atoms with Crippen molar-refractivity contribution < 1.29 is 8.42 Å². The van der Waals surface area contributed by atoms with Gasteiger partial charge in [-0.25, -0.2) is 8.42 Å². The van der Waals surface area contributed by atoms with Crippen molar-refractivity contribution in [2.24, 2.45) is 0 Å². The molecule has 7 nitrogen and oxygen atoms in total. The van der Waals surface area contributed by atoms with E-state index < -0.39 is 9.05 Å². The summed E-state index contributed by atoms with van der Waals surface area (Å²) < 4.78 is 26.5. The van der Waals surface area contributed by atoms with Crippen LogP contribution >= 0.6 is 10.7 Å². The van der Waals surface area contributed by atoms with E-state index in [0.717, 1.165) is 24.2 Å². The fourth-order valence-corrected chi connectivity index (χ4v) is 3.07. The summed E-state index contributed by atoms with van der Waals surface area (Å²) in [5, 5.41) is 12.0. The van der Waals surface area contributed by atoms with Crippen molar-refractivity contribution >= 4 is 19.7 Å². The fourth-order valence-electron chi connectivity index (χ4n) is 2.15. The molecule has 2 aromatic heterocycles. The quantitative estimate of drug-likeness (QED) is 0.757. The highest BCUT2D eigenvalue weighted by atomic mass is 35.7. The molecule has 2 aromatic rings. The van der Waals surface area contributed by atoms with Crippen molar-refractivity contribution in [2.45, 2.75) is 51.9 Å². The van der Waals surface area contributed by atoms with Gasteiger partial charge in [0.15, 0.2) is 5.82 Å². The summed E-state index contributed by atoms with van der Waals surface area (Å²) in [5.74, 6) is 0.477. The van der Waals surface area contributed by atoms with Gasteiger partial charge in [-0.3, -0.25) is 9.25 Å². The van der Waals surface area contributed by atoms with Crippen molar-refractivity contribution in [1.29, 1.82) is 0 Å². The topological polar surface area (TPSA) is 82.7 Å². The molecule has 0 aliphatic carbocycles. The Morgan fingerprint density at radius 3 is 2.48 bits per heavy atom. The number of nitrogens with zero attached hydrogens (tertiary/aromatic N) is 5. The van der Waals surface area contributed by atoms with Crippen molar-refractivity contribution in [3.63, 3.8) is 0 Å². The molecule has 0 fully saturated rings. The lowest BCUT2D eigenvalue weighted by Crippen LogP contribution is -2.09. The average molecular weight is 332 g/mol. The molecule has 116 valence electrons. The van der Waals surface area contributed by atoms with Crippen LogP contribution in [0.15, 0.2) is 11.2 Å². The van der Waals surface area contributed by atoms with Gasteiger partial charge in [0, 0.05) is 23.8 Å². The summed E-state index contributed by atoms with van der Waals surface area (Å²) in [6, 6.07) is 1.91. The third-order valence-electron chi connectivity index (χ3n) is 3.10. The Morgan fingerprint density at radius 1 is 1.24 bits per heavy atom. The molecule has 21 heavy (non-hydrogen) atoms. The number of hydrogen-bond acceptors (Lipinski definition) is 5. The van der Waals surface area contributed by atoms with Gasteiger partial charge in [-0.2, -0.15) is 5.10 Å². The van der Waals surface area contributed by atoms with Crippen LogP contribution in [-0.2, 0) is 28.6 Å². The average Bonchev–Trinajstić information content (AvgIpc) is 3.01. The van der Waals surface area contributed by atoms with Gasteiger partial charge < -0.3 is 0 Å². The van der Waals surface area contributed by atoms with Gasteiger partial charge in [-0.1, -0.05) is 13.8 Å². The maximum atomic E-state index is 11.6. The summed E-state index contributed by atoms with van der Waals surface area (Å²) >= 11 is 0. The largest absolute Gasteiger partial charge is 0.296 e. The summed E-state index contributed by atoms with van der Waals surface area (Å²) in [5.41, 5.74) is 1.68. The van der Waals surface area contributed by atoms with E-state index in [0.29, 0.717) is 18.9 Å². The Balaban J connectivity index is 2.64. The zero-order chi connectivity index (χ0) is 15.6. The van der Waals surface area contributed by atoms with Crippen LogP contribution in [0.2, 0.25) is 0 Å². The SMILES string of the molecule is CCCn1c(-c2cc(CC)nn2CC)nnc1S(=O)(=O)Cl. The molecule has 0 unspecified atom stereocenters. The molecule has 0 saturated heterocycles. The first kappa shape index (κ1) is 16.0. The van der Waals surface area contributed by atoms with Crippen LogP contribution in [0.3, 0.4) is 0 Å². The Bertz CT molecular complexity index is 735. The molecule has 9 heteroatoms. The van der Waals surface area contributed by atoms with Gasteiger partial charge in [0.2, 0.25) is 0 Å². The van der Waals surface area contributed by atoms with E-state index in [4.69, 9.17) is 10.7 Å². The number of aryl methyl sites for hydroxylation is 2. The van der Waals surface area contributed by atoms with Crippen LogP contribution in [0, 0.1) is 0 Å². The molecule has 0 spiro atoms. The van der Waals surface area contributed by atoms with Crippen molar-refractivity contribution in [2.75, 3.05) is 0 Å². The number of halogens is 1. The van der Waals surface area contributed by atoms with Crippen LogP contribution in [0.4, 0.5) is 0 Å². The minimum absolute atomic E-state index is 0.220. The lowest BCUT2D eigenvalue weighted by Gasteiger charge is -2.08. The highest BCUT2D eigenvalue weighted by Crippen LogP contribution is 2.24. The molecular weight excluding hydrogens is 314 g/mol. The van der Waals surface area contributed by atoms with Crippen LogP contribution in [0.25, 0.3) is 11.5 Å². The standard InChI is InChI=1S/C12H18ClN5O2S/c1-4-7-17-11(14-15-12(17)21(13,19)20)10-8-9(5-2)16-18(10)6-3/h8H,4-7H2,1-3H3. The van der Waals surface area contributed by atoms with E-state index >= 15 is 0 Å². The third kappa shape index (κ3) is 3.11. The Hall–Kier alpha value is -1.41. The Kier molecular flexibility index (Phi) is 4.67. The first-order valence-electron chi connectivity index (χ1n) is 6.87. The van der Waals surface area contributed by atoms with Gasteiger partial charge in [-0.15, -0.1) is 10.2 Å². The second-order valence-electron chi connectivity index (χ2n) is 4.59. The molecule has 0 atom stereocenters.